The Bertz CT molecular complexity index is 204. The first kappa shape index (κ1) is 11.2. The minimum absolute atomic E-state index is 0.747. The SMILES string of the molecule is CN(C)CCOC1=CN(C)CCN1C. The van der Waals surface area contributed by atoms with Crippen LogP contribution in [0.15, 0.2) is 12.1 Å². The summed E-state index contributed by atoms with van der Waals surface area (Å²) in [5.74, 6) is 0.973. The molecule has 0 aromatic heterocycles. The van der Waals surface area contributed by atoms with Crippen molar-refractivity contribution < 1.29 is 4.74 Å². The third-order valence-corrected chi connectivity index (χ3v) is 2.28. The Morgan fingerprint density at radius 3 is 2.71 bits per heavy atom. The number of nitrogens with zero attached hydrogens (tertiary/aromatic N) is 3. The van der Waals surface area contributed by atoms with Gasteiger partial charge in [0.1, 0.15) is 6.61 Å². The first-order valence-corrected chi connectivity index (χ1v) is 5.00. The third-order valence-electron chi connectivity index (χ3n) is 2.28. The predicted octanol–water partition coefficient (Wildman–Crippen LogP) is 0.241. The van der Waals surface area contributed by atoms with E-state index in [1.54, 1.807) is 0 Å². The van der Waals surface area contributed by atoms with E-state index >= 15 is 0 Å². The fourth-order valence-corrected chi connectivity index (χ4v) is 1.25. The van der Waals surface area contributed by atoms with Crippen LogP contribution in [0.25, 0.3) is 0 Å². The van der Waals surface area contributed by atoms with Crippen molar-refractivity contribution >= 4 is 0 Å². The monoisotopic (exact) mass is 199 g/mol. The van der Waals surface area contributed by atoms with Crippen LogP contribution in [0.5, 0.6) is 0 Å². The maximum absolute atomic E-state index is 5.68. The topological polar surface area (TPSA) is 19.0 Å². The van der Waals surface area contributed by atoms with Crippen molar-refractivity contribution in [2.75, 3.05) is 54.4 Å². The molecule has 0 aromatic carbocycles. The van der Waals surface area contributed by atoms with Crippen LogP contribution in [0.4, 0.5) is 0 Å². The lowest BCUT2D eigenvalue weighted by atomic mass is 10.4. The molecule has 14 heavy (non-hydrogen) atoms. The summed E-state index contributed by atoms with van der Waals surface area (Å²) < 4.78 is 5.68. The van der Waals surface area contributed by atoms with Crippen molar-refractivity contribution in [1.82, 2.24) is 14.7 Å². The molecule has 0 N–H and O–H groups in total. The maximum atomic E-state index is 5.68. The molecule has 1 heterocycles. The zero-order chi connectivity index (χ0) is 10.6. The van der Waals surface area contributed by atoms with E-state index in [1.807, 2.05) is 0 Å². The van der Waals surface area contributed by atoms with E-state index < -0.39 is 0 Å². The lowest BCUT2D eigenvalue weighted by Gasteiger charge is -2.31. The molecule has 82 valence electrons. The summed E-state index contributed by atoms with van der Waals surface area (Å²) in [4.78, 5) is 6.42. The van der Waals surface area contributed by atoms with Crippen LogP contribution >= 0.6 is 0 Å². The average molecular weight is 199 g/mol. The molecular weight excluding hydrogens is 178 g/mol. The molecular formula is C10H21N3O. The second-order valence-corrected chi connectivity index (χ2v) is 4.02. The Hall–Kier alpha value is -0.900. The number of hydrogen-bond acceptors (Lipinski definition) is 4. The molecule has 0 saturated heterocycles. The minimum atomic E-state index is 0.747. The van der Waals surface area contributed by atoms with Gasteiger partial charge in [0.05, 0.1) is 6.20 Å². The number of hydrogen-bond donors (Lipinski definition) is 0. The quantitative estimate of drug-likeness (QED) is 0.645. The second-order valence-electron chi connectivity index (χ2n) is 4.02. The highest BCUT2D eigenvalue weighted by Gasteiger charge is 2.12. The van der Waals surface area contributed by atoms with Gasteiger partial charge in [0, 0.05) is 33.7 Å². The fourth-order valence-electron chi connectivity index (χ4n) is 1.25. The van der Waals surface area contributed by atoms with Crippen molar-refractivity contribution in [3.05, 3.63) is 12.1 Å². The average Bonchev–Trinajstić information content (AvgIpc) is 2.10. The van der Waals surface area contributed by atoms with Gasteiger partial charge in [-0.25, -0.2) is 0 Å². The van der Waals surface area contributed by atoms with Gasteiger partial charge in [-0.2, -0.15) is 0 Å². The van der Waals surface area contributed by atoms with Gasteiger partial charge in [0.2, 0.25) is 5.88 Å². The van der Waals surface area contributed by atoms with Crippen LogP contribution < -0.4 is 0 Å². The van der Waals surface area contributed by atoms with Crippen molar-refractivity contribution in [3.63, 3.8) is 0 Å². The molecule has 1 aliphatic heterocycles. The third kappa shape index (κ3) is 3.46. The molecule has 4 heteroatoms. The molecule has 0 unspecified atom stereocenters. The summed E-state index contributed by atoms with van der Waals surface area (Å²) >= 11 is 0. The lowest BCUT2D eigenvalue weighted by molar-refractivity contribution is 0.0921. The largest absolute Gasteiger partial charge is 0.477 e. The van der Waals surface area contributed by atoms with Crippen LogP contribution in [-0.4, -0.2) is 69.1 Å². The maximum Gasteiger partial charge on any atom is 0.205 e. The van der Waals surface area contributed by atoms with Crippen LogP contribution in [0.3, 0.4) is 0 Å². The number of ether oxygens (including phenoxy) is 1. The van der Waals surface area contributed by atoms with Gasteiger partial charge in [-0.15, -0.1) is 0 Å². The molecule has 1 aliphatic rings. The van der Waals surface area contributed by atoms with E-state index in [0.29, 0.717) is 0 Å². The van der Waals surface area contributed by atoms with Gasteiger partial charge < -0.3 is 19.4 Å². The highest BCUT2D eigenvalue weighted by atomic mass is 16.5. The Balaban J connectivity index is 2.34. The van der Waals surface area contributed by atoms with E-state index in [4.69, 9.17) is 4.74 Å². The van der Waals surface area contributed by atoms with Crippen LogP contribution in [0, 0.1) is 0 Å². The molecule has 0 saturated carbocycles. The van der Waals surface area contributed by atoms with Gasteiger partial charge in [-0.3, -0.25) is 0 Å². The van der Waals surface area contributed by atoms with Crippen LogP contribution in [0.1, 0.15) is 0 Å². The fraction of sp³-hybridized carbons (Fsp3) is 0.800. The molecule has 0 spiro atoms. The van der Waals surface area contributed by atoms with Gasteiger partial charge in [-0.1, -0.05) is 0 Å². The van der Waals surface area contributed by atoms with Crippen molar-refractivity contribution in [2.45, 2.75) is 0 Å². The number of likely N-dealkylation sites (N-methyl/N-ethyl adjacent to an activating group) is 3. The highest BCUT2D eigenvalue weighted by Crippen LogP contribution is 2.09. The molecule has 0 atom stereocenters. The molecule has 0 radical (unpaired) electrons. The molecule has 0 fully saturated rings. The standard InChI is InChI=1S/C10H21N3O/c1-11(2)7-8-14-10-9-12(3)5-6-13(10)4/h9H,5-8H2,1-4H3. The molecule has 0 aromatic rings. The summed E-state index contributed by atoms with van der Waals surface area (Å²) in [6.07, 6.45) is 2.05. The van der Waals surface area contributed by atoms with E-state index in [0.717, 1.165) is 32.1 Å². The van der Waals surface area contributed by atoms with Crippen molar-refractivity contribution in [3.8, 4) is 0 Å². The Morgan fingerprint density at radius 1 is 1.36 bits per heavy atom. The Morgan fingerprint density at radius 2 is 2.07 bits per heavy atom. The summed E-state index contributed by atoms with van der Waals surface area (Å²) in [6, 6.07) is 0. The molecule has 0 amide bonds. The number of rotatable bonds is 4. The highest BCUT2D eigenvalue weighted by molar-refractivity contribution is 4.95. The minimum Gasteiger partial charge on any atom is -0.477 e. The van der Waals surface area contributed by atoms with Crippen LogP contribution in [-0.2, 0) is 4.74 Å². The summed E-state index contributed by atoms with van der Waals surface area (Å²) in [5.41, 5.74) is 0. The second kappa shape index (κ2) is 5.10. The van der Waals surface area contributed by atoms with Crippen molar-refractivity contribution in [1.29, 1.82) is 0 Å². The van der Waals surface area contributed by atoms with Gasteiger partial charge >= 0.3 is 0 Å². The van der Waals surface area contributed by atoms with E-state index in [2.05, 4.69) is 49.1 Å². The van der Waals surface area contributed by atoms with Gasteiger partial charge in [-0.05, 0) is 14.1 Å². The van der Waals surface area contributed by atoms with Gasteiger partial charge in [0.15, 0.2) is 0 Å². The lowest BCUT2D eigenvalue weighted by Crippen LogP contribution is -2.35. The van der Waals surface area contributed by atoms with Crippen molar-refractivity contribution in [2.24, 2.45) is 0 Å². The first-order chi connectivity index (χ1) is 6.59. The molecule has 0 aliphatic carbocycles. The van der Waals surface area contributed by atoms with Gasteiger partial charge in [0.25, 0.3) is 0 Å². The summed E-state index contributed by atoms with van der Waals surface area (Å²) in [5, 5.41) is 0. The first-order valence-electron chi connectivity index (χ1n) is 5.00. The normalized spacial score (nSPS) is 17.4. The zero-order valence-corrected chi connectivity index (χ0v) is 9.66. The molecule has 0 bridgehead atoms. The summed E-state index contributed by atoms with van der Waals surface area (Å²) in [7, 11) is 8.24. The molecule has 1 rings (SSSR count). The predicted molar refractivity (Wildman–Crippen MR) is 57.8 cm³/mol. The Kier molecular flexibility index (Phi) is 4.07. The summed E-state index contributed by atoms with van der Waals surface area (Å²) in [6.45, 7) is 3.80. The van der Waals surface area contributed by atoms with E-state index in [9.17, 15) is 0 Å². The van der Waals surface area contributed by atoms with E-state index in [1.165, 1.54) is 0 Å². The smallest absolute Gasteiger partial charge is 0.205 e. The van der Waals surface area contributed by atoms with E-state index in [-0.39, 0.29) is 0 Å². The van der Waals surface area contributed by atoms with Crippen LogP contribution in [0.2, 0.25) is 0 Å². The zero-order valence-electron chi connectivity index (χ0n) is 9.66. The Labute approximate surface area is 86.7 Å². The molecule has 4 nitrogen and oxygen atoms in total.